The highest BCUT2D eigenvalue weighted by Gasteiger charge is 2.08. The van der Waals surface area contributed by atoms with Crippen LogP contribution < -0.4 is 5.32 Å². The van der Waals surface area contributed by atoms with Crippen LogP contribution in [0.25, 0.3) is 0 Å². The Balaban J connectivity index is 0. The third kappa shape index (κ3) is 5.49. The molecule has 0 saturated carbocycles. The fraction of sp³-hybridized carbons (Fsp3) is 0.538. The highest BCUT2D eigenvalue weighted by molar-refractivity contribution is 5.78. The maximum Gasteiger partial charge on any atom is 0.223 e. The monoisotopic (exact) mass is 224 g/mol. The van der Waals surface area contributed by atoms with E-state index in [2.05, 4.69) is 10.3 Å². The third-order valence-corrected chi connectivity index (χ3v) is 2.25. The van der Waals surface area contributed by atoms with Crippen LogP contribution in [0.2, 0.25) is 0 Å². The highest BCUT2D eigenvalue weighted by atomic mass is 16.1. The summed E-state index contributed by atoms with van der Waals surface area (Å²) in [5, 5.41) is 2.87. The molecule has 0 radical (unpaired) electrons. The van der Waals surface area contributed by atoms with Gasteiger partial charge in [0.2, 0.25) is 5.91 Å². The Hall–Kier alpha value is -1.38. The van der Waals surface area contributed by atoms with Gasteiger partial charge in [-0.15, -0.1) is 0 Å². The molecule has 0 spiro atoms. The fourth-order valence-corrected chi connectivity index (χ4v) is 1.05. The van der Waals surface area contributed by atoms with E-state index in [0.29, 0.717) is 6.54 Å². The molecular weight excluding hydrogens is 200 g/mol. The minimum atomic E-state index is 0. The number of hydrogen-bond donors (Lipinski definition) is 1. The first-order valence-corrected chi connectivity index (χ1v) is 5.90. The van der Waals surface area contributed by atoms with Crippen molar-refractivity contribution in [2.24, 2.45) is 5.92 Å². The summed E-state index contributed by atoms with van der Waals surface area (Å²) in [5.74, 6) is 0.197. The molecule has 1 atom stereocenters. The molecule has 3 heteroatoms. The van der Waals surface area contributed by atoms with Crippen molar-refractivity contribution in [3.63, 3.8) is 0 Å². The number of carbonyl (C=O) groups is 1. The van der Waals surface area contributed by atoms with Crippen molar-refractivity contribution in [2.75, 3.05) is 0 Å². The molecule has 1 rings (SSSR count). The lowest BCUT2D eigenvalue weighted by molar-refractivity contribution is -0.124. The molecule has 1 aromatic heterocycles. The number of aromatic nitrogens is 1. The Morgan fingerprint density at radius 2 is 2.25 bits per heavy atom. The van der Waals surface area contributed by atoms with Crippen molar-refractivity contribution in [3.8, 4) is 0 Å². The van der Waals surface area contributed by atoms with E-state index in [-0.39, 0.29) is 13.3 Å². The number of hydrogen-bond acceptors (Lipinski definition) is 2. The molecule has 0 saturated heterocycles. The van der Waals surface area contributed by atoms with E-state index in [0.717, 1.165) is 12.0 Å². The number of rotatable bonds is 4. The Morgan fingerprint density at radius 3 is 2.75 bits per heavy atom. The topological polar surface area (TPSA) is 42.0 Å². The van der Waals surface area contributed by atoms with Crippen LogP contribution >= 0.6 is 0 Å². The van der Waals surface area contributed by atoms with Gasteiger partial charge in [-0.2, -0.15) is 0 Å². The van der Waals surface area contributed by atoms with Crippen molar-refractivity contribution in [2.45, 2.75) is 40.7 Å². The van der Waals surface area contributed by atoms with E-state index in [1.807, 2.05) is 39.8 Å². The predicted molar refractivity (Wildman–Crippen MR) is 69.0 cm³/mol. The summed E-state index contributed by atoms with van der Waals surface area (Å²) in [4.78, 5) is 15.4. The van der Waals surface area contributed by atoms with Gasteiger partial charge < -0.3 is 5.32 Å². The predicted octanol–water partition coefficient (Wildman–Crippen LogP) is 3.02. The van der Waals surface area contributed by atoms with Crippen LogP contribution in [-0.4, -0.2) is 10.9 Å². The van der Waals surface area contributed by atoms with Crippen molar-refractivity contribution < 1.29 is 6.22 Å². The van der Waals surface area contributed by atoms with Gasteiger partial charge in [0.25, 0.3) is 0 Å². The first-order chi connectivity index (χ1) is 7.74. The maximum atomic E-state index is 11.4. The number of pyridine rings is 1. The Bertz CT molecular complexity index is 291. The number of nitrogens with zero attached hydrogens (tertiary/aromatic N) is 1. The van der Waals surface area contributed by atoms with Gasteiger partial charge >= 0.3 is 0 Å². The minimum Gasteiger partial charge on any atom is -0.352 e. The van der Waals surface area contributed by atoms with Crippen LogP contribution in [0.5, 0.6) is 0 Å². The molecule has 3 nitrogen and oxygen atoms in total. The summed E-state index contributed by atoms with van der Waals surface area (Å²) in [5.41, 5.74) is 1.03. The van der Waals surface area contributed by atoms with E-state index in [9.17, 15) is 4.79 Å². The van der Waals surface area contributed by atoms with E-state index in [1.165, 1.54) is 0 Å². The second-order valence-corrected chi connectivity index (χ2v) is 3.39. The summed E-state index contributed by atoms with van der Waals surface area (Å²) >= 11 is 0. The summed E-state index contributed by atoms with van der Waals surface area (Å²) in [6.07, 6.45) is 4.36. The number of carbonyl (C=O) groups excluding carboxylic acids is 1. The first kappa shape index (κ1) is 14.6. The average Bonchev–Trinajstić information content (AvgIpc) is 2.38. The molecule has 1 amide bonds. The Kier molecular flexibility index (Phi) is 8.12. The van der Waals surface area contributed by atoms with Crippen LogP contribution in [0.1, 0.15) is 41.1 Å². The summed E-state index contributed by atoms with van der Waals surface area (Å²) in [6, 6.07) is 3.81. The lowest BCUT2D eigenvalue weighted by atomic mass is 10.1. The number of nitrogens with one attached hydrogen (secondary N) is 1. The largest absolute Gasteiger partial charge is 0.352 e. The summed E-state index contributed by atoms with van der Waals surface area (Å²) in [7, 11) is 0. The Labute approximate surface area is 99.8 Å². The zero-order chi connectivity index (χ0) is 12.4. The van der Waals surface area contributed by atoms with Gasteiger partial charge in [0.1, 0.15) is 0 Å². The molecule has 16 heavy (non-hydrogen) atoms. The van der Waals surface area contributed by atoms with Crippen molar-refractivity contribution >= 4 is 5.91 Å². The van der Waals surface area contributed by atoms with Gasteiger partial charge in [-0.3, -0.25) is 9.78 Å². The standard InChI is InChI=1S/C11H16N2O.C2H6.H2/c1-3-9(2)11(14)13-8-10-5-4-6-12-7-10;1-2;/h4-7,9H,3,8H2,1-2H3,(H,13,14);1-2H3;1H. The Morgan fingerprint density at radius 1 is 1.56 bits per heavy atom. The smallest absolute Gasteiger partial charge is 0.223 e. The van der Waals surface area contributed by atoms with E-state index < -0.39 is 0 Å². The van der Waals surface area contributed by atoms with E-state index in [1.54, 1.807) is 12.4 Å². The van der Waals surface area contributed by atoms with Gasteiger partial charge in [0, 0.05) is 26.3 Å². The average molecular weight is 224 g/mol. The zero-order valence-corrected chi connectivity index (χ0v) is 10.7. The molecule has 0 aliphatic rings. The van der Waals surface area contributed by atoms with E-state index >= 15 is 0 Å². The molecule has 0 fully saturated rings. The van der Waals surface area contributed by atoms with E-state index in [4.69, 9.17) is 0 Å². The number of amides is 1. The summed E-state index contributed by atoms with van der Waals surface area (Å²) in [6.45, 7) is 8.50. The van der Waals surface area contributed by atoms with Crippen LogP contribution in [0.3, 0.4) is 0 Å². The van der Waals surface area contributed by atoms with Crippen molar-refractivity contribution in [3.05, 3.63) is 30.1 Å². The quantitative estimate of drug-likeness (QED) is 0.854. The molecule has 0 bridgehead atoms. The molecule has 0 aliphatic heterocycles. The van der Waals surface area contributed by atoms with Gasteiger partial charge in [0.05, 0.1) is 0 Å². The van der Waals surface area contributed by atoms with Crippen LogP contribution in [0.4, 0.5) is 0 Å². The zero-order valence-electron chi connectivity index (χ0n) is 10.7. The van der Waals surface area contributed by atoms with Crippen LogP contribution in [0, 0.1) is 5.92 Å². The molecular formula is C13H24N2O. The normalized spacial score (nSPS) is 11.0. The summed E-state index contributed by atoms with van der Waals surface area (Å²) < 4.78 is 0. The lowest BCUT2D eigenvalue weighted by Gasteiger charge is -2.09. The van der Waals surface area contributed by atoms with Crippen molar-refractivity contribution in [1.82, 2.24) is 10.3 Å². The molecule has 1 unspecified atom stereocenters. The molecule has 0 aliphatic carbocycles. The van der Waals surface area contributed by atoms with Gasteiger partial charge in [-0.1, -0.05) is 33.8 Å². The SMILES string of the molecule is CC.CCC(C)C(=O)NCc1cccnc1.[HH]. The maximum absolute atomic E-state index is 11.4. The molecule has 1 aromatic rings. The van der Waals surface area contributed by atoms with Crippen LogP contribution in [-0.2, 0) is 11.3 Å². The molecule has 0 aromatic carbocycles. The second kappa shape index (κ2) is 8.89. The molecule has 1 N–H and O–H groups in total. The van der Waals surface area contributed by atoms with Gasteiger partial charge in [-0.05, 0) is 18.1 Å². The second-order valence-electron chi connectivity index (χ2n) is 3.39. The third-order valence-electron chi connectivity index (χ3n) is 2.25. The van der Waals surface area contributed by atoms with Crippen molar-refractivity contribution in [1.29, 1.82) is 0 Å². The minimum absolute atomic E-state index is 0. The van der Waals surface area contributed by atoms with Gasteiger partial charge in [0.15, 0.2) is 0 Å². The molecule has 92 valence electrons. The van der Waals surface area contributed by atoms with Gasteiger partial charge in [-0.25, -0.2) is 0 Å². The lowest BCUT2D eigenvalue weighted by Crippen LogP contribution is -2.28. The van der Waals surface area contributed by atoms with Crippen LogP contribution in [0.15, 0.2) is 24.5 Å². The molecule has 1 heterocycles. The first-order valence-electron chi connectivity index (χ1n) is 5.90. The highest BCUT2D eigenvalue weighted by Crippen LogP contribution is 2.01. The fourth-order valence-electron chi connectivity index (χ4n) is 1.05.